The van der Waals surface area contributed by atoms with E-state index >= 15 is 0 Å². The topological polar surface area (TPSA) is 44.1 Å². The fourth-order valence-corrected chi connectivity index (χ4v) is 1.63. The van der Waals surface area contributed by atoms with Crippen LogP contribution >= 0.6 is 0 Å². The zero-order valence-corrected chi connectivity index (χ0v) is 10.4. The molecule has 5 heteroatoms. The van der Waals surface area contributed by atoms with Crippen LogP contribution in [0.2, 0.25) is 0 Å². The predicted molar refractivity (Wildman–Crippen MR) is 64.3 cm³/mol. The number of aromatic nitrogens is 2. The molecule has 0 fully saturated rings. The third kappa shape index (κ3) is 2.11. The molecule has 0 bridgehead atoms. The Balaban J connectivity index is 2.37. The number of carbonyl (C=O) groups excluding carboxylic acids is 1. The van der Waals surface area contributed by atoms with E-state index in [1.807, 2.05) is 6.92 Å². The minimum absolute atomic E-state index is 0.115. The summed E-state index contributed by atoms with van der Waals surface area (Å²) in [4.78, 5) is 12.1. The van der Waals surface area contributed by atoms with E-state index in [1.54, 1.807) is 17.8 Å². The van der Waals surface area contributed by atoms with Gasteiger partial charge in [0.25, 0.3) is 0 Å². The zero-order valence-electron chi connectivity index (χ0n) is 10.4. The summed E-state index contributed by atoms with van der Waals surface area (Å²) in [6, 6.07) is 5.78. The molecule has 0 spiro atoms. The molecular weight excluding hydrogens is 235 g/mol. The van der Waals surface area contributed by atoms with Crippen LogP contribution in [0.25, 0.3) is 0 Å². The molecule has 0 saturated heterocycles. The minimum atomic E-state index is -0.559. The second-order valence-electron chi connectivity index (χ2n) is 3.97. The van der Waals surface area contributed by atoms with Gasteiger partial charge in [0.2, 0.25) is 5.78 Å². The van der Waals surface area contributed by atoms with Crippen LogP contribution in [0.3, 0.4) is 0 Å². The second kappa shape index (κ2) is 4.60. The van der Waals surface area contributed by atoms with E-state index in [4.69, 9.17) is 4.74 Å². The second-order valence-corrected chi connectivity index (χ2v) is 3.97. The quantitative estimate of drug-likeness (QED) is 0.781. The zero-order chi connectivity index (χ0) is 13.3. The first-order chi connectivity index (χ1) is 8.52. The van der Waals surface area contributed by atoms with Crippen molar-refractivity contribution in [3.8, 4) is 5.75 Å². The Morgan fingerprint density at radius 2 is 2.11 bits per heavy atom. The van der Waals surface area contributed by atoms with Crippen LogP contribution in [0.1, 0.15) is 21.7 Å². The van der Waals surface area contributed by atoms with Gasteiger partial charge in [-0.05, 0) is 31.2 Å². The third-order valence-corrected chi connectivity index (χ3v) is 2.76. The monoisotopic (exact) mass is 248 g/mol. The largest absolute Gasteiger partial charge is 0.494 e. The Morgan fingerprint density at radius 3 is 2.61 bits per heavy atom. The van der Waals surface area contributed by atoms with Gasteiger partial charge < -0.3 is 4.74 Å². The van der Waals surface area contributed by atoms with Gasteiger partial charge in [-0.2, -0.15) is 5.10 Å². The van der Waals surface area contributed by atoms with Crippen molar-refractivity contribution in [2.75, 3.05) is 7.11 Å². The highest BCUT2D eigenvalue weighted by Crippen LogP contribution is 2.19. The lowest BCUT2D eigenvalue weighted by Crippen LogP contribution is -2.04. The van der Waals surface area contributed by atoms with Crippen molar-refractivity contribution in [3.05, 3.63) is 47.0 Å². The van der Waals surface area contributed by atoms with Gasteiger partial charge in [-0.25, -0.2) is 4.39 Å². The highest BCUT2D eigenvalue weighted by molar-refractivity contribution is 6.07. The third-order valence-electron chi connectivity index (χ3n) is 2.76. The molecule has 18 heavy (non-hydrogen) atoms. The first kappa shape index (κ1) is 12.3. The number of aryl methyl sites for hydroxylation is 2. The van der Waals surface area contributed by atoms with Crippen LogP contribution in [0.4, 0.5) is 4.39 Å². The fourth-order valence-electron chi connectivity index (χ4n) is 1.63. The fraction of sp³-hybridized carbons (Fsp3) is 0.231. The molecule has 2 aromatic rings. The maximum absolute atomic E-state index is 13.5. The predicted octanol–water partition coefficient (Wildman–Crippen LogP) is 2.11. The highest BCUT2D eigenvalue weighted by Gasteiger charge is 2.15. The molecule has 2 rings (SSSR count). The summed E-state index contributed by atoms with van der Waals surface area (Å²) in [5.41, 5.74) is 1.43. The van der Waals surface area contributed by atoms with E-state index in [0.717, 1.165) is 11.8 Å². The van der Waals surface area contributed by atoms with Crippen LogP contribution in [-0.2, 0) is 7.05 Å². The Morgan fingerprint density at radius 1 is 1.39 bits per heavy atom. The van der Waals surface area contributed by atoms with E-state index in [0.29, 0.717) is 5.69 Å². The van der Waals surface area contributed by atoms with Gasteiger partial charge >= 0.3 is 0 Å². The Hall–Kier alpha value is -2.17. The molecule has 94 valence electrons. The smallest absolute Gasteiger partial charge is 0.213 e. The summed E-state index contributed by atoms with van der Waals surface area (Å²) >= 11 is 0. The van der Waals surface area contributed by atoms with Crippen LogP contribution in [0, 0.1) is 12.7 Å². The lowest BCUT2D eigenvalue weighted by atomic mass is 10.1. The number of hydrogen-bond acceptors (Lipinski definition) is 3. The van der Waals surface area contributed by atoms with Crippen molar-refractivity contribution in [2.24, 2.45) is 7.05 Å². The van der Waals surface area contributed by atoms with E-state index < -0.39 is 5.82 Å². The van der Waals surface area contributed by atoms with Crippen LogP contribution < -0.4 is 4.74 Å². The van der Waals surface area contributed by atoms with Gasteiger partial charge in [0, 0.05) is 18.3 Å². The lowest BCUT2D eigenvalue weighted by Gasteiger charge is -2.03. The van der Waals surface area contributed by atoms with Crippen LogP contribution in [0.15, 0.2) is 24.3 Å². The van der Waals surface area contributed by atoms with Crippen molar-refractivity contribution in [1.29, 1.82) is 0 Å². The van der Waals surface area contributed by atoms with Crippen LogP contribution in [0.5, 0.6) is 5.75 Å². The number of rotatable bonds is 3. The van der Waals surface area contributed by atoms with Gasteiger partial charge in [0.1, 0.15) is 5.69 Å². The number of methoxy groups -OCH3 is 1. The molecule has 0 aliphatic carbocycles. The normalized spacial score (nSPS) is 10.4. The average molecular weight is 248 g/mol. The number of ketones is 1. The molecule has 1 aromatic carbocycles. The van der Waals surface area contributed by atoms with E-state index in [2.05, 4.69) is 5.10 Å². The highest BCUT2D eigenvalue weighted by atomic mass is 19.1. The molecule has 0 amide bonds. The molecule has 0 saturated carbocycles. The maximum Gasteiger partial charge on any atom is 0.213 e. The Kier molecular flexibility index (Phi) is 3.14. The maximum atomic E-state index is 13.5. The Bertz CT molecular complexity index is 586. The lowest BCUT2D eigenvalue weighted by molar-refractivity contribution is 0.103. The van der Waals surface area contributed by atoms with Crippen molar-refractivity contribution < 1.29 is 13.9 Å². The summed E-state index contributed by atoms with van der Waals surface area (Å²) < 4.78 is 19.9. The summed E-state index contributed by atoms with van der Waals surface area (Å²) in [5.74, 6) is -0.750. The van der Waals surface area contributed by atoms with Crippen molar-refractivity contribution >= 4 is 5.78 Å². The number of carbonyl (C=O) groups is 1. The first-order valence-electron chi connectivity index (χ1n) is 5.42. The number of nitrogens with zero attached hydrogens (tertiary/aromatic N) is 2. The van der Waals surface area contributed by atoms with Crippen LogP contribution in [-0.4, -0.2) is 22.7 Å². The molecule has 4 nitrogen and oxygen atoms in total. The molecule has 1 aromatic heterocycles. The standard InChI is InChI=1S/C13H13FN2O2/c1-8-6-11(15-16(8)2)13(17)9-4-5-12(18-3)10(14)7-9/h4-7H,1-3H3. The van der Waals surface area contributed by atoms with Gasteiger partial charge in [-0.1, -0.05) is 0 Å². The van der Waals surface area contributed by atoms with E-state index in [9.17, 15) is 9.18 Å². The molecule has 0 atom stereocenters. The van der Waals surface area contributed by atoms with Crippen molar-refractivity contribution in [3.63, 3.8) is 0 Å². The van der Waals surface area contributed by atoms with Crippen molar-refractivity contribution in [2.45, 2.75) is 6.92 Å². The average Bonchev–Trinajstić information content (AvgIpc) is 2.68. The van der Waals surface area contributed by atoms with Crippen molar-refractivity contribution in [1.82, 2.24) is 9.78 Å². The molecule has 0 unspecified atom stereocenters. The summed E-state index contributed by atoms with van der Waals surface area (Å²) in [6.45, 7) is 1.85. The molecule has 0 radical (unpaired) electrons. The number of benzene rings is 1. The Labute approximate surface area is 104 Å². The van der Waals surface area contributed by atoms with Gasteiger partial charge in [0.05, 0.1) is 7.11 Å². The molecule has 0 aliphatic heterocycles. The van der Waals surface area contributed by atoms with Gasteiger partial charge in [-0.3, -0.25) is 9.48 Å². The molecule has 0 N–H and O–H groups in total. The van der Waals surface area contributed by atoms with E-state index in [1.165, 1.54) is 19.2 Å². The summed E-state index contributed by atoms with van der Waals surface area (Å²) in [6.07, 6.45) is 0. The minimum Gasteiger partial charge on any atom is -0.494 e. The molecular formula is C13H13FN2O2. The molecule has 0 aliphatic rings. The van der Waals surface area contributed by atoms with E-state index in [-0.39, 0.29) is 17.1 Å². The number of ether oxygens (including phenoxy) is 1. The number of halogens is 1. The van der Waals surface area contributed by atoms with Gasteiger partial charge in [0.15, 0.2) is 11.6 Å². The van der Waals surface area contributed by atoms with Gasteiger partial charge in [-0.15, -0.1) is 0 Å². The summed E-state index contributed by atoms with van der Waals surface area (Å²) in [5, 5.41) is 4.07. The first-order valence-corrected chi connectivity index (χ1v) is 5.42. The molecule has 1 heterocycles. The summed E-state index contributed by atoms with van der Waals surface area (Å²) in [7, 11) is 3.13. The number of hydrogen-bond donors (Lipinski definition) is 0. The SMILES string of the molecule is COc1ccc(C(=O)c2cc(C)n(C)n2)cc1F.